The highest BCUT2D eigenvalue weighted by Gasteiger charge is 2.10. The normalized spacial score (nSPS) is 10.2. The van der Waals surface area contributed by atoms with Gasteiger partial charge in [-0.15, -0.1) is 0 Å². The number of benzene rings is 2. The van der Waals surface area contributed by atoms with Crippen molar-refractivity contribution in [1.29, 1.82) is 0 Å². The molecule has 92 valence electrons. The van der Waals surface area contributed by atoms with Crippen LogP contribution >= 0.6 is 23.2 Å². The third kappa shape index (κ3) is 3.00. The summed E-state index contributed by atoms with van der Waals surface area (Å²) in [6.45, 7) is 0. The molecule has 0 aliphatic rings. The van der Waals surface area contributed by atoms with Crippen LogP contribution in [0.2, 0.25) is 10.0 Å². The van der Waals surface area contributed by atoms with E-state index in [4.69, 9.17) is 23.2 Å². The van der Waals surface area contributed by atoms with E-state index >= 15 is 0 Å². The Balaban J connectivity index is 2.19. The van der Waals surface area contributed by atoms with Crippen LogP contribution in [0.4, 0.5) is 10.1 Å². The molecule has 0 aliphatic carbocycles. The monoisotopic (exact) mass is 283 g/mol. The zero-order chi connectivity index (χ0) is 13.1. The number of carbonyl (C=O) groups excluding carboxylic acids is 1. The molecule has 1 amide bonds. The molecule has 18 heavy (non-hydrogen) atoms. The number of rotatable bonds is 2. The van der Waals surface area contributed by atoms with Crippen LogP contribution in [0.25, 0.3) is 0 Å². The smallest absolute Gasteiger partial charge is 0.257 e. The van der Waals surface area contributed by atoms with Crippen molar-refractivity contribution >= 4 is 34.8 Å². The molecule has 2 aromatic rings. The van der Waals surface area contributed by atoms with E-state index in [1.807, 2.05) is 0 Å². The molecule has 2 aromatic carbocycles. The van der Waals surface area contributed by atoms with Gasteiger partial charge >= 0.3 is 0 Å². The Bertz CT molecular complexity index is 584. The van der Waals surface area contributed by atoms with Gasteiger partial charge in [0, 0.05) is 10.7 Å². The lowest BCUT2D eigenvalue weighted by molar-refractivity contribution is 0.102. The Kier molecular flexibility index (Phi) is 3.84. The standard InChI is InChI=1S/C13H8Cl2FNO/c14-8-1-6-11(12(15)7-8)13(18)17-10-4-2-9(16)3-5-10/h1-7H,(H,17,18). The predicted molar refractivity (Wildman–Crippen MR) is 70.8 cm³/mol. The number of halogens is 3. The van der Waals surface area contributed by atoms with Crippen LogP contribution in [-0.4, -0.2) is 5.91 Å². The fourth-order valence-electron chi connectivity index (χ4n) is 1.41. The second-order valence-electron chi connectivity index (χ2n) is 3.59. The van der Waals surface area contributed by atoms with Crippen LogP contribution in [0, 0.1) is 5.82 Å². The molecule has 0 aromatic heterocycles. The van der Waals surface area contributed by atoms with Gasteiger partial charge in [0.05, 0.1) is 10.6 Å². The fraction of sp³-hybridized carbons (Fsp3) is 0. The quantitative estimate of drug-likeness (QED) is 0.870. The molecular formula is C13H8Cl2FNO. The first-order chi connectivity index (χ1) is 8.56. The average Bonchev–Trinajstić information content (AvgIpc) is 2.32. The molecule has 0 saturated carbocycles. The topological polar surface area (TPSA) is 29.1 Å². The molecule has 2 rings (SSSR count). The van der Waals surface area contributed by atoms with E-state index < -0.39 is 0 Å². The molecule has 1 N–H and O–H groups in total. The molecule has 0 heterocycles. The van der Waals surface area contributed by atoms with Gasteiger partial charge in [0.25, 0.3) is 5.91 Å². The van der Waals surface area contributed by atoms with E-state index in [-0.39, 0.29) is 16.7 Å². The van der Waals surface area contributed by atoms with Crippen molar-refractivity contribution in [2.75, 3.05) is 5.32 Å². The van der Waals surface area contributed by atoms with Crippen LogP contribution < -0.4 is 5.32 Å². The molecule has 0 spiro atoms. The van der Waals surface area contributed by atoms with Crippen molar-refractivity contribution in [3.05, 3.63) is 63.9 Å². The highest BCUT2D eigenvalue weighted by atomic mass is 35.5. The van der Waals surface area contributed by atoms with E-state index in [0.29, 0.717) is 16.3 Å². The predicted octanol–water partition coefficient (Wildman–Crippen LogP) is 4.38. The van der Waals surface area contributed by atoms with Crippen LogP contribution in [0.1, 0.15) is 10.4 Å². The Morgan fingerprint density at radius 1 is 1.06 bits per heavy atom. The van der Waals surface area contributed by atoms with Crippen molar-refractivity contribution in [3.8, 4) is 0 Å². The Labute approximate surface area is 113 Å². The molecule has 0 saturated heterocycles. The summed E-state index contributed by atoms with van der Waals surface area (Å²) < 4.78 is 12.7. The molecule has 0 bridgehead atoms. The molecular weight excluding hydrogens is 276 g/mol. The van der Waals surface area contributed by atoms with Crippen molar-refractivity contribution in [3.63, 3.8) is 0 Å². The second kappa shape index (κ2) is 5.38. The maximum atomic E-state index is 12.7. The second-order valence-corrected chi connectivity index (χ2v) is 4.43. The van der Waals surface area contributed by atoms with Crippen LogP contribution in [0.15, 0.2) is 42.5 Å². The lowest BCUT2D eigenvalue weighted by Crippen LogP contribution is -2.12. The van der Waals surface area contributed by atoms with Gasteiger partial charge < -0.3 is 5.32 Å². The van der Waals surface area contributed by atoms with E-state index in [1.165, 1.54) is 36.4 Å². The van der Waals surface area contributed by atoms with Gasteiger partial charge in [-0.3, -0.25) is 4.79 Å². The highest BCUT2D eigenvalue weighted by molar-refractivity contribution is 6.37. The van der Waals surface area contributed by atoms with Gasteiger partial charge in [-0.1, -0.05) is 23.2 Å². The summed E-state index contributed by atoms with van der Waals surface area (Å²) >= 11 is 11.7. The fourth-order valence-corrected chi connectivity index (χ4v) is 1.90. The lowest BCUT2D eigenvalue weighted by Gasteiger charge is -2.06. The summed E-state index contributed by atoms with van der Waals surface area (Å²) in [5.41, 5.74) is 0.804. The number of hydrogen-bond donors (Lipinski definition) is 1. The van der Waals surface area contributed by atoms with E-state index in [0.717, 1.165) is 0 Å². The first-order valence-corrected chi connectivity index (χ1v) is 5.84. The number of amides is 1. The number of anilines is 1. The molecule has 0 unspecified atom stereocenters. The molecule has 0 atom stereocenters. The summed E-state index contributed by atoms with van der Waals surface area (Å²) in [6, 6.07) is 10.1. The number of hydrogen-bond acceptors (Lipinski definition) is 1. The first kappa shape index (κ1) is 12.9. The Morgan fingerprint density at radius 3 is 2.33 bits per heavy atom. The minimum absolute atomic E-state index is 0.266. The summed E-state index contributed by atoms with van der Waals surface area (Å²) in [5, 5.41) is 3.34. The van der Waals surface area contributed by atoms with Gasteiger partial charge in [0.2, 0.25) is 0 Å². The average molecular weight is 284 g/mol. The van der Waals surface area contributed by atoms with Gasteiger partial charge in [-0.25, -0.2) is 4.39 Å². The van der Waals surface area contributed by atoms with Crippen molar-refractivity contribution in [2.24, 2.45) is 0 Å². The highest BCUT2D eigenvalue weighted by Crippen LogP contribution is 2.22. The van der Waals surface area contributed by atoms with Gasteiger partial charge in [-0.05, 0) is 42.5 Å². The van der Waals surface area contributed by atoms with E-state index in [9.17, 15) is 9.18 Å². The van der Waals surface area contributed by atoms with E-state index in [1.54, 1.807) is 6.07 Å². The summed E-state index contributed by atoms with van der Waals surface area (Å²) in [5.74, 6) is -0.735. The van der Waals surface area contributed by atoms with Crippen molar-refractivity contribution in [1.82, 2.24) is 0 Å². The van der Waals surface area contributed by atoms with Gasteiger partial charge in [-0.2, -0.15) is 0 Å². The molecule has 5 heteroatoms. The van der Waals surface area contributed by atoms with Crippen molar-refractivity contribution < 1.29 is 9.18 Å². The number of nitrogens with one attached hydrogen (secondary N) is 1. The minimum Gasteiger partial charge on any atom is -0.322 e. The van der Waals surface area contributed by atoms with E-state index in [2.05, 4.69) is 5.32 Å². The zero-order valence-corrected chi connectivity index (χ0v) is 10.6. The third-order valence-corrected chi connectivity index (χ3v) is 2.83. The lowest BCUT2D eigenvalue weighted by atomic mass is 10.2. The SMILES string of the molecule is O=C(Nc1ccc(F)cc1)c1ccc(Cl)cc1Cl. The molecule has 0 fully saturated rings. The van der Waals surface area contributed by atoms with Gasteiger partial charge in [0.1, 0.15) is 5.82 Å². The van der Waals surface area contributed by atoms with Crippen LogP contribution in [-0.2, 0) is 0 Å². The summed E-state index contributed by atoms with van der Waals surface area (Å²) in [7, 11) is 0. The maximum absolute atomic E-state index is 12.7. The largest absolute Gasteiger partial charge is 0.322 e. The molecule has 0 radical (unpaired) electrons. The first-order valence-electron chi connectivity index (χ1n) is 5.08. The third-order valence-electron chi connectivity index (χ3n) is 2.28. The van der Waals surface area contributed by atoms with Crippen LogP contribution in [0.3, 0.4) is 0 Å². The maximum Gasteiger partial charge on any atom is 0.257 e. The van der Waals surface area contributed by atoms with Gasteiger partial charge in [0.15, 0.2) is 0 Å². The minimum atomic E-state index is -0.372. The summed E-state index contributed by atoms with van der Waals surface area (Å²) in [4.78, 5) is 11.9. The molecule has 2 nitrogen and oxygen atoms in total. The molecule has 0 aliphatic heterocycles. The van der Waals surface area contributed by atoms with Crippen LogP contribution in [0.5, 0.6) is 0 Å². The Hall–Kier alpha value is -1.58. The zero-order valence-electron chi connectivity index (χ0n) is 9.08. The summed E-state index contributed by atoms with van der Waals surface area (Å²) in [6.07, 6.45) is 0. The Morgan fingerprint density at radius 2 is 1.72 bits per heavy atom. The number of carbonyl (C=O) groups is 1. The van der Waals surface area contributed by atoms with Crippen molar-refractivity contribution in [2.45, 2.75) is 0 Å².